The van der Waals surface area contributed by atoms with Gasteiger partial charge < -0.3 is 10.6 Å². The highest BCUT2D eigenvalue weighted by molar-refractivity contribution is 7.89. The van der Waals surface area contributed by atoms with Gasteiger partial charge in [-0.2, -0.15) is 4.98 Å². The smallest absolute Gasteiger partial charge is 0.242 e. The fourth-order valence-corrected chi connectivity index (χ4v) is 3.15. The number of rotatable bonds is 5. The van der Waals surface area contributed by atoms with Crippen LogP contribution in [-0.2, 0) is 14.8 Å². The van der Waals surface area contributed by atoms with E-state index in [2.05, 4.69) is 19.8 Å². The second kappa shape index (κ2) is 6.69. The van der Waals surface area contributed by atoms with Gasteiger partial charge in [-0.1, -0.05) is 0 Å². The third kappa shape index (κ3) is 3.63. The third-order valence-corrected chi connectivity index (χ3v) is 4.98. The van der Waals surface area contributed by atoms with Crippen LogP contribution in [0.4, 0.5) is 5.95 Å². The van der Waals surface area contributed by atoms with Crippen molar-refractivity contribution in [3.8, 4) is 11.1 Å². The van der Waals surface area contributed by atoms with Gasteiger partial charge in [0.1, 0.15) is 4.90 Å². The van der Waals surface area contributed by atoms with Gasteiger partial charge in [-0.3, -0.25) is 9.78 Å². The van der Waals surface area contributed by atoms with E-state index in [1.807, 2.05) is 0 Å². The molecule has 1 amide bonds. The van der Waals surface area contributed by atoms with E-state index in [0.29, 0.717) is 16.8 Å². The number of anilines is 1. The van der Waals surface area contributed by atoms with Gasteiger partial charge >= 0.3 is 0 Å². The lowest BCUT2D eigenvalue weighted by Crippen LogP contribution is -2.36. The highest BCUT2D eigenvalue weighted by Gasteiger charge is 2.17. The Bertz CT molecular complexity index is 1080. The van der Waals surface area contributed by atoms with Crippen LogP contribution in [-0.4, -0.2) is 59.4 Å². The van der Waals surface area contributed by atoms with Crippen LogP contribution in [0.2, 0.25) is 0 Å². The van der Waals surface area contributed by atoms with Gasteiger partial charge in [0.05, 0.1) is 6.54 Å². The molecule has 0 saturated carbocycles. The molecule has 11 heteroatoms. The van der Waals surface area contributed by atoms with Crippen molar-refractivity contribution >= 4 is 27.5 Å². The first-order chi connectivity index (χ1) is 12.3. The maximum Gasteiger partial charge on any atom is 0.242 e. The van der Waals surface area contributed by atoms with Gasteiger partial charge in [-0.05, 0) is 18.2 Å². The van der Waals surface area contributed by atoms with E-state index in [9.17, 15) is 13.2 Å². The Morgan fingerprint density at radius 3 is 2.77 bits per heavy atom. The monoisotopic (exact) mass is 375 g/mol. The topological polar surface area (TPSA) is 136 Å². The molecule has 3 N–H and O–H groups in total. The summed E-state index contributed by atoms with van der Waals surface area (Å²) < 4.78 is 28.5. The summed E-state index contributed by atoms with van der Waals surface area (Å²) in [4.78, 5) is 20.9. The number of nitrogen functional groups attached to an aromatic ring is 1. The highest BCUT2D eigenvalue weighted by Crippen LogP contribution is 2.21. The van der Waals surface area contributed by atoms with Crippen LogP contribution in [0.25, 0.3) is 16.8 Å². The molecule has 3 aromatic rings. The van der Waals surface area contributed by atoms with Gasteiger partial charge in [0, 0.05) is 43.8 Å². The number of pyridine rings is 2. The van der Waals surface area contributed by atoms with Crippen LogP contribution in [0.15, 0.2) is 41.7 Å². The lowest BCUT2D eigenvalue weighted by atomic mass is 10.1. The molecule has 3 rings (SSSR count). The zero-order valence-corrected chi connectivity index (χ0v) is 14.9. The quantitative estimate of drug-likeness (QED) is 0.627. The van der Waals surface area contributed by atoms with Gasteiger partial charge in [0.15, 0.2) is 5.65 Å². The van der Waals surface area contributed by atoms with Gasteiger partial charge in [-0.25, -0.2) is 17.7 Å². The number of aromatic nitrogens is 4. The van der Waals surface area contributed by atoms with Crippen LogP contribution < -0.4 is 10.5 Å². The largest absolute Gasteiger partial charge is 0.366 e. The van der Waals surface area contributed by atoms with Gasteiger partial charge in [-0.15, -0.1) is 5.10 Å². The van der Waals surface area contributed by atoms with Crippen molar-refractivity contribution in [1.82, 2.24) is 29.2 Å². The summed E-state index contributed by atoms with van der Waals surface area (Å²) >= 11 is 0. The molecule has 3 heterocycles. The van der Waals surface area contributed by atoms with Crippen LogP contribution >= 0.6 is 0 Å². The van der Waals surface area contributed by atoms with Gasteiger partial charge in [0.2, 0.25) is 21.9 Å². The molecule has 10 nitrogen and oxygen atoms in total. The zero-order chi connectivity index (χ0) is 18.9. The molecular weight excluding hydrogens is 358 g/mol. The van der Waals surface area contributed by atoms with Crippen LogP contribution in [0, 0.1) is 0 Å². The number of nitrogens with one attached hydrogen (secondary N) is 1. The van der Waals surface area contributed by atoms with E-state index in [0.717, 1.165) is 0 Å². The average Bonchev–Trinajstić information content (AvgIpc) is 2.98. The molecular formula is C15H17N7O3S. The Morgan fingerprint density at radius 1 is 1.27 bits per heavy atom. The number of likely N-dealkylation sites (N-methyl/N-ethyl adjacent to an activating group) is 1. The van der Waals surface area contributed by atoms with E-state index in [1.165, 1.54) is 27.9 Å². The Morgan fingerprint density at radius 2 is 2.04 bits per heavy atom. The van der Waals surface area contributed by atoms with Crippen LogP contribution in [0.3, 0.4) is 0 Å². The van der Waals surface area contributed by atoms with Crippen molar-refractivity contribution in [2.45, 2.75) is 4.90 Å². The van der Waals surface area contributed by atoms with Crippen molar-refractivity contribution in [3.05, 3.63) is 36.8 Å². The molecule has 0 aliphatic heterocycles. The summed E-state index contributed by atoms with van der Waals surface area (Å²) in [5.41, 5.74) is 7.40. The summed E-state index contributed by atoms with van der Waals surface area (Å²) in [6, 6.07) is 4.95. The van der Waals surface area contributed by atoms with E-state index >= 15 is 0 Å². The number of amides is 1. The Hall–Kier alpha value is -3.05. The standard InChI is InChI=1S/C15H17N7O3S/c1-21(2)14(23)8-18-26(24,25)12-5-11(6-17-7-12)10-3-4-13-19-15(16)20-22(13)9-10/h3-7,9,18H,8H2,1-2H3,(H2,16,20). The lowest BCUT2D eigenvalue weighted by Gasteiger charge is -2.11. The second-order valence-electron chi connectivity index (χ2n) is 5.71. The van der Waals surface area contributed by atoms with Crippen molar-refractivity contribution in [2.75, 3.05) is 26.4 Å². The maximum atomic E-state index is 12.4. The van der Waals surface area contributed by atoms with Crippen molar-refractivity contribution in [2.24, 2.45) is 0 Å². The Balaban J connectivity index is 1.90. The van der Waals surface area contributed by atoms with Gasteiger partial charge in [0.25, 0.3) is 0 Å². The van der Waals surface area contributed by atoms with E-state index in [4.69, 9.17) is 5.73 Å². The first-order valence-corrected chi connectivity index (χ1v) is 9.02. The zero-order valence-electron chi connectivity index (χ0n) is 14.1. The number of carbonyl (C=O) groups excluding carboxylic acids is 1. The predicted octanol–water partition coefficient (Wildman–Crippen LogP) is -0.260. The molecule has 3 aromatic heterocycles. The second-order valence-corrected chi connectivity index (χ2v) is 7.48. The predicted molar refractivity (Wildman–Crippen MR) is 94.5 cm³/mol. The fourth-order valence-electron chi connectivity index (χ4n) is 2.19. The molecule has 136 valence electrons. The molecule has 0 bridgehead atoms. The highest BCUT2D eigenvalue weighted by atomic mass is 32.2. The molecule has 0 radical (unpaired) electrons. The summed E-state index contributed by atoms with van der Waals surface area (Å²) in [5, 5.41) is 4.03. The van der Waals surface area contributed by atoms with E-state index in [-0.39, 0.29) is 23.3 Å². The normalized spacial score (nSPS) is 11.6. The molecule has 0 atom stereocenters. The van der Waals surface area contributed by atoms with Crippen molar-refractivity contribution in [1.29, 1.82) is 0 Å². The van der Waals surface area contributed by atoms with Crippen molar-refractivity contribution < 1.29 is 13.2 Å². The minimum Gasteiger partial charge on any atom is -0.366 e. The van der Waals surface area contributed by atoms with E-state index in [1.54, 1.807) is 32.4 Å². The minimum atomic E-state index is -3.87. The number of carbonyl (C=O) groups is 1. The molecule has 0 fully saturated rings. The molecule has 0 aliphatic carbocycles. The molecule has 26 heavy (non-hydrogen) atoms. The molecule has 0 unspecified atom stereocenters. The molecule has 0 saturated heterocycles. The first kappa shape index (κ1) is 17.8. The van der Waals surface area contributed by atoms with Crippen LogP contribution in [0.1, 0.15) is 0 Å². The fraction of sp³-hybridized carbons (Fsp3) is 0.200. The molecule has 0 aliphatic rings. The van der Waals surface area contributed by atoms with Crippen molar-refractivity contribution in [3.63, 3.8) is 0 Å². The number of nitrogens with two attached hydrogens (primary N) is 1. The SMILES string of the molecule is CN(C)C(=O)CNS(=O)(=O)c1cncc(-c2ccc3nc(N)nn3c2)c1. The van der Waals surface area contributed by atoms with Crippen LogP contribution in [0.5, 0.6) is 0 Å². The summed E-state index contributed by atoms with van der Waals surface area (Å²) in [5.74, 6) is -0.210. The molecule has 0 spiro atoms. The lowest BCUT2D eigenvalue weighted by molar-refractivity contribution is -0.127. The number of nitrogens with zero attached hydrogens (tertiary/aromatic N) is 5. The number of sulfonamides is 1. The first-order valence-electron chi connectivity index (χ1n) is 7.53. The maximum absolute atomic E-state index is 12.4. The summed E-state index contributed by atoms with van der Waals surface area (Å²) in [6.45, 7) is -0.330. The van der Waals surface area contributed by atoms with E-state index < -0.39 is 10.0 Å². The minimum absolute atomic E-state index is 0.0419. The number of hydrogen-bond donors (Lipinski definition) is 2. The average molecular weight is 375 g/mol. The molecule has 0 aromatic carbocycles. The number of hydrogen-bond acceptors (Lipinski definition) is 7. The Kier molecular flexibility index (Phi) is 4.57. The third-order valence-electron chi connectivity index (χ3n) is 3.62. The summed E-state index contributed by atoms with van der Waals surface area (Å²) in [6.07, 6.45) is 4.43. The Labute approximate surface area is 149 Å². The number of fused-ring (bicyclic) bond motifs is 1. The summed E-state index contributed by atoms with van der Waals surface area (Å²) in [7, 11) is -0.778.